The number of carbonyl (C=O) groups is 1. The van der Waals surface area contributed by atoms with E-state index in [-0.39, 0.29) is 5.15 Å². The second-order valence-electron chi connectivity index (χ2n) is 2.87. The molecule has 0 atom stereocenters. The van der Waals surface area contributed by atoms with Crippen LogP contribution in [0.3, 0.4) is 0 Å². The van der Waals surface area contributed by atoms with Crippen molar-refractivity contribution in [1.29, 1.82) is 0 Å². The number of nitrogens with zero attached hydrogens (tertiary/aromatic N) is 4. The van der Waals surface area contributed by atoms with Crippen LogP contribution in [0.5, 0.6) is 0 Å². The molecule has 2 aromatic rings. The van der Waals surface area contributed by atoms with Gasteiger partial charge in [-0.3, -0.25) is 4.79 Å². The summed E-state index contributed by atoms with van der Waals surface area (Å²) in [6.45, 7) is 1.70. The van der Waals surface area contributed by atoms with Crippen LogP contribution in [-0.4, -0.2) is 26.0 Å². The van der Waals surface area contributed by atoms with Crippen molar-refractivity contribution in [2.45, 2.75) is 6.92 Å². The third-order valence-electron chi connectivity index (χ3n) is 1.91. The molecule has 0 spiro atoms. The summed E-state index contributed by atoms with van der Waals surface area (Å²) >= 11 is 5.95. The number of aromatic nitrogens is 4. The summed E-state index contributed by atoms with van der Waals surface area (Å²) in [6.07, 6.45) is 3.83. The summed E-state index contributed by atoms with van der Waals surface area (Å²) in [5.41, 5.74) is 0.923. The van der Waals surface area contributed by atoms with Crippen molar-refractivity contribution in [1.82, 2.24) is 19.7 Å². The Morgan fingerprint density at radius 1 is 1.40 bits per heavy atom. The fourth-order valence-electron chi connectivity index (χ4n) is 1.18. The summed E-state index contributed by atoms with van der Waals surface area (Å²) < 4.78 is 1.33. The number of hydrogen-bond acceptors (Lipinski definition) is 4. The minimum Gasteiger partial charge on any atom is -0.298 e. The summed E-state index contributed by atoms with van der Waals surface area (Å²) in [4.78, 5) is 18.7. The Balaban J connectivity index is 2.60. The first-order valence-corrected chi connectivity index (χ1v) is 4.59. The molecule has 0 fully saturated rings. The summed E-state index contributed by atoms with van der Waals surface area (Å²) in [7, 11) is 0. The van der Waals surface area contributed by atoms with Crippen molar-refractivity contribution >= 4 is 17.9 Å². The Bertz CT molecular complexity index is 494. The summed E-state index contributed by atoms with van der Waals surface area (Å²) in [6, 6.07) is 1.69. The average molecular weight is 223 g/mol. The molecule has 0 aliphatic heterocycles. The highest BCUT2D eigenvalue weighted by atomic mass is 35.5. The molecule has 0 aliphatic rings. The molecule has 6 heteroatoms. The number of carbonyl (C=O) groups excluding carboxylic acids is 1. The lowest BCUT2D eigenvalue weighted by molar-refractivity contribution is 0.112. The van der Waals surface area contributed by atoms with Crippen molar-refractivity contribution in [3.8, 4) is 5.95 Å². The second kappa shape index (κ2) is 3.78. The van der Waals surface area contributed by atoms with Gasteiger partial charge in [0, 0.05) is 12.4 Å². The van der Waals surface area contributed by atoms with Crippen LogP contribution in [0.1, 0.15) is 16.1 Å². The third kappa shape index (κ3) is 1.61. The van der Waals surface area contributed by atoms with E-state index in [1.807, 2.05) is 0 Å². The molecule has 0 aromatic carbocycles. The minimum atomic E-state index is 0.230. The predicted octanol–water partition coefficient (Wildman–Crippen LogP) is 1.44. The maximum Gasteiger partial charge on any atom is 0.251 e. The Kier molecular flexibility index (Phi) is 2.47. The van der Waals surface area contributed by atoms with Gasteiger partial charge in [0.2, 0.25) is 0 Å². The Morgan fingerprint density at radius 3 is 2.60 bits per heavy atom. The Morgan fingerprint density at radius 2 is 2.07 bits per heavy atom. The van der Waals surface area contributed by atoms with Gasteiger partial charge in [-0.05, 0) is 13.0 Å². The van der Waals surface area contributed by atoms with Gasteiger partial charge in [-0.25, -0.2) is 9.97 Å². The van der Waals surface area contributed by atoms with Crippen LogP contribution in [0.25, 0.3) is 5.95 Å². The zero-order valence-corrected chi connectivity index (χ0v) is 8.64. The molecule has 5 nitrogen and oxygen atoms in total. The first kappa shape index (κ1) is 9.79. The van der Waals surface area contributed by atoms with E-state index in [1.54, 1.807) is 25.4 Å². The van der Waals surface area contributed by atoms with E-state index in [0.717, 1.165) is 0 Å². The molecule has 0 unspecified atom stereocenters. The summed E-state index contributed by atoms with van der Waals surface area (Å²) in [5, 5.41) is 4.31. The van der Waals surface area contributed by atoms with Crippen LogP contribution in [0.15, 0.2) is 18.5 Å². The molecule has 0 radical (unpaired) electrons. The summed E-state index contributed by atoms with van der Waals surface area (Å²) in [5.74, 6) is 0.346. The van der Waals surface area contributed by atoms with E-state index in [4.69, 9.17) is 11.6 Å². The van der Waals surface area contributed by atoms with Crippen LogP contribution >= 0.6 is 11.6 Å². The van der Waals surface area contributed by atoms with Gasteiger partial charge < -0.3 is 0 Å². The van der Waals surface area contributed by atoms with E-state index >= 15 is 0 Å². The zero-order chi connectivity index (χ0) is 10.8. The average Bonchev–Trinajstić information content (AvgIpc) is 2.55. The van der Waals surface area contributed by atoms with Crippen LogP contribution < -0.4 is 0 Å². The lowest BCUT2D eigenvalue weighted by atomic mass is 10.3. The number of aryl methyl sites for hydroxylation is 1. The number of aldehydes is 1. The Hall–Kier alpha value is -1.75. The number of hydrogen-bond donors (Lipinski definition) is 0. The van der Waals surface area contributed by atoms with E-state index in [0.29, 0.717) is 23.5 Å². The highest BCUT2D eigenvalue weighted by Crippen LogP contribution is 2.19. The zero-order valence-electron chi connectivity index (χ0n) is 7.88. The standard InChI is InChI=1S/C9H7ClN4O/c1-6-7(5-15)8(10)14(13-6)9-11-3-2-4-12-9/h2-5H,1H3. The minimum absolute atomic E-state index is 0.230. The molecule has 2 heterocycles. The Labute approximate surface area is 90.7 Å². The van der Waals surface area contributed by atoms with Crippen molar-refractivity contribution in [2.75, 3.05) is 0 Å². The molecule has 2 aromatic heterocycles. The molecule has 0 saturated heterocycles. The molecule has 76 valence electrons. The molecular formula is C9H7ClN4O. The lowest BCUT2D eigenvalue weighted by Gasteiger charge is -1.98. The van der Waals surface area contributed by atoms with Gasteiger partial charge in [0.1, 0.15) is 5.15 Å². The van der Waals surface area contributed by atoms with E-state index in [2.05, 4.69) is 15.1 Å². The fraction of sp³-hybridized carbons (Fsp3) is 0.111. The number of rotatable bonds is 2. The maximum absolute atomic E-state index is 10.7. The molecule has 0 amide bonds. The smallest absolute Gasteiger partial charge is 0.251 e. The predicted molar refractivity (Wildman–Crippen MR) is 54.3 cm³/mol. The normalized spacial score (nSPS) is 10.3. The fourth-order valence-corrected chi connectivity index (χ4v) is 1.47. The second-order valence-corrected chi connectivity index (χ2v) is 3.23. The van der Waals surface area contributed by atoms with Gasteiger partial charge in [-0.1, -0.05) is 11.6 Å². The maximum atomic E-state index is 10.7. The molecule has 0 bridgehead atoms. The molecule has 0 N–H and O–H groups in total. The van der Waals surface area contributed by atoms with Gasteiger partial charge in [-0.15, -0.1) is 0 Å². The first-order chi connectivity index (χ1) is 7.24. The molecule has 15 heavy (non-hydrogen) atoms. The van der Waals surface area contributed by atoms with Gasteiger partial charge >= 0.3 is 0 Å². The van der Waals surface area contributed by atoms with Gasteiger partial charge in [0.05, 0.1) is 11.3 Å². The van der Waals surface area contributed by atoms with Crippen molar-refractivity contribution < 1.29 is 4.79 Å². The molecular weight excluding hydrogens is 216 g/mol. The van der Waals surface area contributed by atoms with E-state index in [9.17, 15) is 4.79 Å². The third-order valence-corrected chi connectivity index (χ3v) is 2.27. The van der Waals surface area contributed by atoms with Crippen molar-refractivity contribution in [3.63, 3.8) is 0 Å². The van der Waals surface area contributed by atoms with Gasteiger partial charge in [0.25, 0.3) is 5.95 Å². The van der Waals surface area contributed by atoms with Crippen LogP contribution in [0.4, 0.5) is 0 Å². The van der Waals surface area contributed by atoms with Gasteiger partial charge in [0.15, 0.2) is 6.29 Å². The quantitative estimate of drug-likeness (QED) is 0.722. The number of halogens is 1. The molecule has 0 saturated carbocycles. The van der Waals surface area contributed by atoms with E-state index in [1.165, 1.54) is 4.68 Å². The molecule has 2 rings (SSSR count). The monoisotopic (exact) mass is 222 g/mol. The lowest BCUT2D eigenvalue weighted by Crippen LogP contribution is -2.02. The van der Waals surface area contributed by atoms with Gasteiger partial charge in [-0.2, -0.15) is 9.78 Å². The van der Waals surface area contributed by atoms with Crippen LogP contribution in [-0.2, 0) is 0 Å². The topological polar surface area (TPSA) is 60.7 Å². The van der Waals surface area contributed by atoms with Crippen molar-refractivity contribution in [2.24, 2.45) is 0 Å². The first-order valence-electron chi connectivity index (χ1n) is 4.21. The SMILES string of the molecule is Cc1nn(-c2ncccn2)c(Cl)c1C=O. The largest absolute Gasteiger partial charge is 0.298 e. The van der Waals surface area contributed by atoms with Crippen molar-refractivity contribution in [3.05, 3.63) is 34.9 Å². The van der Waals surface area contributed by atoms with E-state index < -0.39 is 0 Å². The van der Waals surface area contributed by atoms with Crippen LogP contribution in [0, 0.1) is 6.92 Å². The van der Waals surface area contributed by atoms with Crippen LogP contribution in [0.2, 0.25) is 5.15 Å². The highest BCUT2D eigenvalue weighted by molar-refractivity contribution is 6.32. The highest BCUT2D eigenvalue weighted by Gasteiger charge is 2.14. The molecule has 0 aliphatic carbocycles.